The standard InChI is InChI=1S/C15H22ClN5O2/c1-3-4-6-20(2)15-18-8-11(16)12(19-15)14(23)21-7-5-10(9-21)13(17)22/h8,10H,3-7,9H2,1-2H3,(H2,17,22)/t10-/m0/s1. The molecule has 1 aliphatic heterocycles. The Bertz CT molecular complexity index is 595. The fourth-order valence-electron chi connectivity index (χ4n) is 2.51. The molecule has 0 aliphatic carbocycles. The number of hydrogen-bond acceptors (Lipinski definition) is 5. The van der Waals surface area contributed by atoms with Crippen molar-refractivity contribution in [2.45, 2.75) is 26.2 Å². The molecule has 0 saturated carbocycles. The van der Waals surface area contributed by atoms with E-state index in [9.17, 15) is 9.59 Å². The number of unbranched alkanes of at least 4 members (excludes halogenated alkanes) is 1. The molecule has 2 N–H and O–H groups in total. The lowest BCUT2D eigenvalue weighted by Crippen LogP contribution is -2.33. The number of anilines is 1. The fourth-order valence-corrected chi connectivity index (χ4v) is 2.69. The molecule has 2 amide bonds. The molecule has 2 rings (SSSR count). The average Bonchev–Trinajstić information content (AvgIpc) is 3.02. The summed E-state index contributed by atoms with van der Waals surface area (Å²) in [6, 6.07) is 0. The van der Waals surface area contributed by atoms with Gasteiger partial charge in [0.2, 0.25) is 11.9 Å². The van der Waals surface area contributed by atoms with Gasteiger partial charge in [0, 0.05) is 26.7 Å². The van der Waals surface area contributed by atoms with Crippen LogP contribution in [0.4, 0.5) is 5.95 Å². The number of primary amides is 1. The van der Waals surface area contributed by atoms with Gasteiger partial charge in [-0.1, -0.05) is 24.9 Å². The molecule has 1 saturated heterocycles. The van der Waals surface area contributed by atoms with Crippen LogP contribution < -0.4 is 10.6 Å². The number of rotatable bonds is 6. The Kier molecular flexibility index (Phi) is 5.76. The molecule has 0 radical (unpaired) electrons. The number of nitrogens with zero attached hydrogens (tertiary/aromatic N) is 4. The molecule has 1 aromatic heterocycles. The van der Waals surface area contributed by atoms with Crippen molar-refractivity contribution in [2.24, 2.45) is 11.7 Å². The molecule has 1 aliphatic rings. The summed E-state index contributed by atoms with van der Waals surface area (Å²) in [5, 5.41) is 0.213. The molecule has 0 spiro atoms. The zero-order valence-electron chi connectivity index (χ0n) is 13.5. The maximum absolute atomic E-state index is 12.6. The quantitative estimate of drug-likeness (QED) is 0.843. The Morgan fingerprint density at radius 2 is 2.26 bits per heavy atom. The van der Waals surface area contributed by atoms with Crippen molar-refractivity contribution in [1.82, 2.24) is 14.9 Å². The topological polar surface area (TPSA) is 92.4 Å². The molecule has 1 atom stereocenters. The molecule has 0 aromatic carbocycles. The third-order valence-corrected chi connectivity index (χ3v) is 4.28. The summed E-state index contributed by atoms with van der Waals surface area (Å²) in [5.74, 6) is -0.497. The second kappa shape index (κ2) is 7.59. The lowest BCUT2D eigenvalue weighted by Gasteiger charge is -2.19. The highest BCUT2D eigenvalue weighted by Crippen LogP contribution is 2.22. The highest BCUT2D eigenvalue weighted by Gasteiger charge is 2.32. The third-order valence-electron chi connectivity index (χ3n) is 4.00. The van der Waals surface area contributed by atoms with Gasteiger partial charge in [-0.15, -0.1) is 0 Å². The number of nitrogens with two attached hydrogens (primary N) is 1. The highest BCUT2D eigenvalue weighted by atomic mass is 35.5. The van der Waals surface area contributed by atoms with Crippen LogP contribution in [0.1, 0.15) is 36.7 Å². The maximum Gasteiger partial charge on any atom is 0.274 e. The first-order chi connectivity index (χ1) is 10.9. The van der Waals surface area contributed by atoms with Crippen molar-refractivity contribution in [2.75, 3.05) is 31.6 Å². The van der Waals surface area contributed by atoms with Crippen LogP contribution in [0.3, 0.4) is 0 Å². The Balaban J connectivity index is 2.15. The molecule has 1 aromatic rings. The van der Waals surface area contributed by atoms with Crippen LogP contribution in [0, 0.1) is 5.92 Å². The van der Waals surface area contributed by atoms with E-state index in [-0.39, 0.29) is 28.4 Å². The molecule has 2 heterocycles. The minimum atomic E-state index is -0.380. The van der Waals surface area contributed by atoms with Crippen molar-refractivity contribution >= 4 is 29.4 Å². The SMILES string of the molecule is CCCCN(C)c1ncc(Cl)c(C(=O)N2CC[C@H](C(N)=O)C2)n1. The van der Waals surface area contributed by atoms with Crippen LogP contribution >= 0.6 is 11.6 Å². The van der Waals surface area contributed by atoms with Gasteiger partial charge in [0.25, 0.3) is 5.91 Å². The first-order valence-electron chi connectivity index (χ1n) is 7.76. The second-order valence-corrected chi connectivity index (χ2v) is 6.19. The molecule has 7 nitrogen and oxygen atoms in total. The first kappa shape index (κ1) is 17.5. The Morgan fingerprint density at radius 3 is 2.87 bits per heavy atom. The van der Waals surface area contributed by atoms with E-state index >= 15 is 0 Å². The predicted molar refractivity (Wildman–Crippen MR) is 88.4 cm³/mol. The van der Waals surface area contributed by atoms with E-state index in [0.717, 1.165) is 19.4 Å². The Hall–Kier alpha value is -1.89. The number of carbonyl (C=O) groups excluding carboxylic acids is 2. The minimum absolute atomic E-state index is 0.171. The summed E-state index contributed by atoms with van der Waals surface area (Å²) in [6.07, 6.45) is 4.10. The van der Waals surface area contributed by atoms with Crippen molar-refractivity contribution < 1.29 is 9.59 Å². The Labute approximate surface area is 140 Å². The van der Waals surface area contributed by atoms with E-state index in [1.54, 1.807) is 4.90 Å². The van der Waals surface area contributed by atoms with Crippen LogP contribution in [0.25, 0.3) is 0 Å². The van der Waals surface area contributed by atoms with E-state index in [4.69, 9.17) is 17.3 Å². The smallest absolute Gasteiger partial charge is 0.274 e. The monoisotopic (exact) mass is 339 g/mol. The number of halogens is 1. The summed E-state index contributed by atoms with van der Waals surface area (Å²) < 4.78 is 0. The van der Waals surface area contributed by atoms with Gasteiger partial charge in [-0.2, -0.15) is 0 Å². The summed E-state index contributed by atoms with van der Waals surface area (Å²) >= 11 is 6.09. The number of carbonyl (C=O) groups is 2. The maximum atomic E-state index is 12.6. The Morgan fingerprint density at radius 1 is 1.52 bits per heavy atom. The highest BCUT2D eigenvalue weighted by molar-refractivity contribution is 6.33. The van der Waals surface area contributed by atoms with Crippen LogP contribution in [0.5, 0.6) is 0 Å². The number of likely N-dealkylation sites (tertiary alicyclic amines) is 1. The number of amides is 2. The van der Waals surface area contributed by atoms with Gasteiger partial charge in [0.1, 0.15) is 0 Å². The average molecular weight is 340 g/mol. The van der Waals surface area contributed by atoms with E-state index in [0.29, 0.717) is 25.5 Å². The normalized spacial score (nSPS) is 17.3. The lowest BCUT2D eigenvalue weighted by atomic mass is 10.1. The van der Waals surface area contributed by atoms with Gasteiger partial charge >= 0.3 is 0 Å². The van der Waals surface area contributed by atoms with Gasteiger partial charge in [-0.25, -0.2) is 9.97 Å². The number of aromatic nitrogens is 2. The summed E-state index contributed by atoms with van der Waals surface area (Å²) in [4.78, 5) is 35.8. The molecular formula is C15H22ClN5O2. The van der Waals surface area contributed by atoms with Crippen LogP contribution in [-0.2, 0) is 4.79 Å². The molecule has 1 fully saturated rings. The van der Waals surface area contributed by atoms with E-state index < -0.39 is 0 Å². The molecule has 23 heavy (non-hydrogen) atoms. The van der Waals surface area contributed by atoms with Crippen molar-refractivity contribution in [3.05, 3.63) is 16.9 Å². The van der Waals surface area contributed by atoms with Gasteiger partial charge in [-0.3, -0.25) is 9.59 Å². The summed E-state index contributed by atoms with van der Waals surface area (Å²) in [5.41, 5.74) is 5.48. The zero-order valence-corrected chi connectivity index (χ0v) is 14.2. The summed E-state index contributed by atoms with van der Waals surface area (Å²) in [6.45, 7) is 3.70. The van der Waals surface area contributed by atoms with Crippen molar-refractivity contribution in [3.8, 4) is 0 Å². The zero-order chi connectivity index (χ0) is 17.0. The van der Waals surface area contributed by atoms with Gasteiger partial charge in [0.15, 0.2) is 5.69 Å². The third kappa shape index (κ3) is 4.10. The summed E-state index contributed by atoms with van der Waals surface area (Å²) in [7, 11) is 1.88. The van der Waals surface area contributed by atoms with E-state index in [2.05, 4.69) is 16.9 Å². The molecule has 8 heteroatoms. The second-order valence-electron chi connectivity index (χ2n) is 5.78. The number of hydrogen-bond donors (Lipinski definition) is 1. The van der Waals surface area contributed by atoms with Gasteiger partial charge < -0.3 is 15.5 Å². The predicted octanol–water partition coefficient (Wildman–Crippen LogP) is 1.31. The van der Waals surface area contributed by atoms with Gasteiger partial charge in [-0.05, 0) is 12.8 Å². The van der Waals surface area contributed by atoms with Crippen molar-refractivity contribution in [3.63, 3.8) is 0 Å². The lowest BCUT2D eigenvalue weighted by molar-refractivity contribution is -0.121. The molecule has 0 unspecified atom stereocenters. The minimum Gasteiger partial charge on any atom is -0.369 e. The van der Waals surface area contributed by atoms with Crippen molar-refractivity contribution in [1.29, 1.82) is 0 Å². The van der Waals surface area contributed by atoms with E-state index in [1.165, 1.54) is 6.20 Å². The van der Waals surface area contributed by atoms with E-state index in [1.807, 2.05) is 11.9 Å². The van der Waals surface area contributed by atoms with Crippen LogP contribution in [0.2, 0.25) is 5.02 Å². The largest absolute Gasteiger partial charge is 0.369 e. The first-order valence-corrected chi connectivity index (χ1v) is 8.14. The van der Waals surface area contributed by atoms with Crippen LogP contribution in [-0.4, -0.2) is 53.4 Å². The fraction of sp³-hybridized carbons (Fsp3) is 0.600. The van der Waals surface area contributed by atoms with Gasteiger partial charge in [0.05, 0.1) is 17.1 Å². The van der Waals surface area contributed by atoms with Crippen LogP contribution in [0.15, 0.2) is 6.20 Å². The molecular weight excluding hydrogens is 318 g/mol. The molecule has 0 bridgehead atoms. The molecule has 126 valence electrons.